The quantitative estimate of drug-likeness (QED) is 0.790. The van der Waals surface area contributed by atoms with Gasteiger partial charge in [0.15, 0.2) is 6.61 Å². The van der Waals surface area contributed by atoms with Gasteiger partial charge in [-0.05, 0) is 62.8 Å². The molecule has 2 rings (SSSR count). The van der Waals surface area contributed by atoms with Crippen LogP contribution < -0.4 is 14.8 Å². The zero-order valence-electron chi connectivity index (χ0n) is 16.2. The molecule has 1 amide bonds. The summed E-state index contributed by atoms with van der Waals surface area (Å²) in [5, 5.41) is 2.96. The number of methoxy groups -OCH3 is 1. The number of amides is 1. The summed E-state index contributed by atoms with van der Waals surface area (Å²) in [4.78, 5) is 14.3. The highest BCUT2D eigenvalue weighted by molar-refractivity contribution is 5.77. The Balaban J connectivity index is 1.93. The second-order valence-corrected chi connectivity index (χ2v) is 6.62. The molecule has 2 aromatic carbocycles. The summed E-state index contributed by atoms with van der Waals surface area (Å²) in [5.41, 5.74) is 3.22. The van der Waals surface area contributed by atoms with Crippen molar-refractivity contribution in [3.05, 3.63) is 59.2 Å². The molecule has 5 heteroatoms. The Bertz CT molecular complexity index is 744. The first-order valence-electron chi connectivity index (χ1n) is 8.68. The van der Waals surface area contributed by atoms with E-state index in [-0.39, 0.29) is 18.6 Å². The maximum absolute atomic E-state index is 12.2. The van der Waals surface area contributed by atoms with Crippen molar-refractivity contribution in [1.82, 2.24) is 10.2 Å². The first-order chi connectivity index (χ1) is 12.4. The van der Waals surface area contributed by atoms with Crippen molar-refractivity contribution >= 4 is 5.91 Å². The molecule has 0 aliphatic carbocycles. The van der Waals surface area contributed by atoms with Crippen LogP contribution in [0.2, 0.25) is 0 Å². The molecule has 1 unspecified atom stereocenters. The number of nitrogens with one attached hydrogen (secondary N) is 1. The summed E-state index contributed by atoms with van der Waals surface area (Å²) in [6, 6.07) is 13.9. The van der Waals surface area contributed by atoms with Gasteiger partial charge in [0.2, 0.25) is 0 Å². The second-order valence-electron chi connectivity index (χ2n) is 6.62. The number of likely N-dealkylation sites (N-methyl/N-ethyl adjacent to an activating group) is 1. The van der Waals surface area contributed by atoms with E-state index in [1.165, 1.54) is 0 Å². The van der Waals surface area contributed by atoms with Crippen LogP contribution in [0.25, 0.3) is 0 Å². The molecule has 0 saturated heterocycles. The Morgan fingerprint density at radius 3 is 2.62 bits per heavy atom. The molecule has 0 saturated carbocycles. The molecule has 0 bridgehead atoms. The highest BCUT2D eigenvalue weighted by atomic mass is 16.5. The first-order valence-corrected chi connectivity index (χ1v) is 8.68. The van der Waals surface area contributed by atoms with E-state index in [4.69, 9.17) is 9.47 Å². The van der Waals surface area contributed by atoms with Crippen molar-refractivity contribution in [2.45, 2.75) is 19.9 Å². The van der Waals surface area contributed by atoms with Crippen LogP contribution in [0.5, 0.6) is 11.5 Å². The van der Waals surface area contributed by atoms with Gasteiger partial charge in [0.1, 0.15) is 11.5 Å². The van der Waals surface area contributed by atoms with Gasteiger partial charge in [-0.15, -0.1) is 0 Å². The van der Waals surface area contributed by atoms with Gasteiger partial charge in [-0.3, -0.25) is 4.79 Å². The van der Waals surface area contributed by atoms with Gasteiger partial charge < -0.3 is 19.7 Å². The predicted molar refractivity (Wildman–Crippen MR) is 104 cm³/mol. The van der Waals surface area contributed by atoms with Crippen LogP contribution in [0.4, 0.5) is 0 Å². The van der Waals surface area contributed by atoms with Crippen LogP contribution in [0.1, 0.15) is 22.7 Å². The van der Waals surface area contributed by atoms with Crippen LogP contribution in [-0.4, -0.2) is 45.2 Å². The van der Waals surface area contributed by atoms with Crippen LogP contribution in [-0.2, 0) is 4.79 Å². The fraction of sp³-hybridized carbons (Fsp3) is 0.381. The molecule has 0 aliphatic rings. The van der Waals surface area contributed by atoms with Crippen LogP contribution >= 0.6 is 0 Å². The molecular weight excluding hydrogens is 328 g/mol. The van der Waals surface area contributed by atoms with Crippen LogP contribution in [0, 0.1) is 13.8 Å². The largest absolute Gasteiger partial charge is 0.497 e. The monoisotopic (exact) mass is 356 g/mol. The lowest BCUT2D eigenvalue weighted by molar-refractivity contribution is -0.123. The van der Waals surface area contributed by atoms with Gasteiger partial charge in [0.05, 0.1) is 13.2 Å². The van der Waals surface area contributed by atoms with E-state index in [0.717, 1.165) is 28.2 Å². The Kier molecular flexibility index (Phi) is 7.04. The maximum Gasteiger partial charge on any atom is 0.258 e. The van der Waals surface area contributed by atoms with Crippen LogP contribution in [0.3, 0.4) is 0 Å². The number of benzene rings is 2. The number of ether oxygens (including phenoxy) is 2. The lowest BCUT2D eigenvalue weighted by atomic mass is 10.1. The lowest BCUT2D eigenvalue weighted by Gasteiger charge is -2.25. The summed E-state index contributed by atoms with van der Waals surface area (Å²) < 4.78 is 11.0. The smallest absolute Gasteiger partial charge is 0.258 e. The fourth-order valence-corrected chi connectivity index (χ4v) is 2.72. The van der Waals surface area contributed by atoms with Gasteiger partial charge in [-0.25, -0.2) is 0 Å². The fourth-order valence-electron chi connectivity index (χ4n) is 2.72. The molecule has 2 aromatic rings. The van der Waals surface area contributed by atoms with Crippen molar-refractivity contribution in [1.29, 1.82) is 0 Å². The molecule has 0 spiro atoms. The number of carbonyl (C=O) groups is 1. The third-order valence-corrected chi connectivity index (χ3v) is 4.30. The van der Waals surface area contributed by atoms with Gasteiger partial charge in [-0.2, -0.15) is 0 Å². The molecular formula is C21H28N2O3. The third-order valence-electron chi connectivity index (χ3n) is 4.30. The molecule has 0 aliphatic heterocycles. The van der Waals surface area contributed by atoms with Crippen molar-refractivity contribution in [3.8, 4) is 11.5 Å². The molecule has 0 heterocycles. The Hall–Kier alpha value is -2.53. The van der Waals surface area contributed by atoms with Gasteiger partial charge in [0.25, 0.3) is 5.91 Å². The van der Waals surface area contributed by atoms with Gasteiger partial charge in [-0.1, -0.05) is 24.3 Å². The molecule has 0 fully saturated rings. The van der Waals surface area contributed by atoms with E-state index in [9.17, 15) is 4.79 Å². The number of hydrogen-bond donors (Lipinski definition) is 1. The number of rotatable bonds is 8. The average Bonchev–Trinajstić information content (AvgIpc) is 2.62. The molecule has 0 aromatic heterocycles. The van der Waals surface area contributed by atoms with Crippen molar-refractivity contribution in [3.63, 3.8) is 0 Å². The summed E-state index contributed by atoms with van der Waals surface area (Å²) >= 11 is 0. The maximum atomic E-state index is 12.2. The van der Waals surface area contributed by atoms with Gasteiger partial charge in [0, 0.05) is 6.54 Å². The summed E-state index contributed by atoms with van der Waals surface area (Å²) in [6.07, 6.45) is 0. The number of hydrogen-bond acceptors (Lipinski definition) is 4. The number of nitrogens with zero attached hydrogens (tertiary/aromatic N) is 1. The normalized spacial score (nSPS) is 11.9. The Morgan fingerprint density at radius 2 is 1.92 bits per heavy atom. The minimum atomic E-state index is -0.138. The number of aryl methyl sites for hydroxylation is 2. The lowest BCUT2D eigenvalue weighted by Crippen LogP contribution is -2.36. The zero-order chi connectivity index (χ0) is 19.1. The van der Waals surface area contributed by atoms with Crippen LogP contribution in [0.15, 0.2) is 42.5 Å². The third kappa shape index (κ3) is 5.49. The highest BCUT2D eigenvalue weighted by Crippen LogP contribution is 2.22. The molecule has 140 valence electrons. The van der Waals surface area contributed by atoms with E-state index < -0.39 is 0 Å². The van der Waals surface area contributed by atoms with Crippen molar-refractivity contribution in [2.24, 2.45) is 0 Å². The van der Waals surface area contributed by atoms with E-state index in [2.05, 4.69) is 10.2 Å². The average molecular weight is 356 g/mol. The summed E-state index contributed by atoms with van der Waals surface area (Å²) in [5.74, 6) is 1.41. The predicted octanol–water partition coefficient (Wildman–Crippen LogP) is 3.11. The topological polar surface area (TPSA) is 50.8 Å². The highest BCUT2D eigenvalue weighted by Gasteiger charge is 2.16. The SMILES string of the molecule is COc1cccc(C(CNC(=O)COc2cc(C)ccc2C)N(C)C)c1. The molecule has 0 radical (unpaired) electrons. The number of carbonyl (C=O) groups excluding carboxylic acids is 1. The summed E-state index contributed by atoms with van der Waals surface area (Å²) in [7, 11) is 5.63. The Morgan fingerprint density at radius 1 is 1.15 bits per heavy atom. The zero-order valence-corrected chi connectivity index (χ0v) is 16.2. The van der Waals surface area contributed by atoms with E-state index >= 15 is 0 Å². The second kappa shape index (κ2) is 9.25. The molecule has 1 N–H and O–H groups in total. The van der Waals surface area contributed by atoms with E-state index in [1.54, 1.807) is 7.11 Å². The standard InChI is InChI=1S/C21H28N2O3/c1-15-9-10-16(2)20(11-15)26-14-21(24)22-13-19(23(3)4)17-7-6-8-18(12-17)25-5/h6-12,19H,13-14H2,1-5H3,(H,22,24). The molecule has 26 heavy (non-hydrogen) atoms. The van der Waals surface area contributed by atoms with Crippen molar-refractivity contribution in [2.75, 3.05) is 34.4 Å². The minimum absolute atomic E-state index is 0.00253. The molecule has 1 atom stereocenters. The van der Waals surface area contributed by atoms with E-state index in [1.807, 2.05) is 70.4 Å². The minimum Gasteiger partial charge on any atom is -0.497 e. The first kappa shape index (κ1) is 19.8. The van der Waals surface area contributed by atoms with Gasteiger partial charge >= 0.3 is 0 Å². The van der Waals surface area contributed by atoms with E-state index in [0.29, 0.717) is 6.54 Å². The Labute approximate surface area is 155 Å². The summed E-state index contributed by atoms with van der Waals surface area (Å²) in [6.45, 7) is 4.47. The van der Waals surface area contributed by atoms with Crippen molar-refractivity contribution < 1.29 is 14.3 Å². The molecule has 5 nitrogen and oxygen atoms in total.